The Kier molecular flexibility index (Phi) is 8.51. The number of carbonyl (C=O) groups is 4. The van der Waals surface area contributed by atoms with Crippen LogP contribution in [-0.2, 0) is 19.2 Å². The lowest BCUT2D eigenvalue weighted by atomic mass is 10.0. The van der Waals surface area contributed by atoms with Crippen molar-refractivity contribution in [3.05, 3.63) is 47.0 Å². The first-order valence-electron chi connectivity index (χ1n) is 11.2. The minimum atomic E-state index is -1.15. The third kappa shape index (κ3) is 6.52. The fraction of sp³-hybridized carbons (Fsp3) is 0.320. The Bertz CT molecular complexity index is 1240. The molecular weight excluding hydrogens is 488 g/mol. The van der Waals surface area contributed by atoms with Gasteiger partial charge in [-0.15, -0.1) is 0 Å². The molecule has 3 N–H and O–H groups in total. The van der Waals surface area contributed by atoms with Crippen molar-refractivity contribution in [2.24, 2.45) is 5.92 Å². The number of nitrogens with one attached hydrogen (secondary N) is 2. The van der Waals surface area contributed by atoms with Crippen molar-refractivity contribution in [2.45, 2.75) is 39.2 Å². The number of nitriles is 1. The Hall–Kier alpha value is -4.10. The molecule has 2 atom stereocenters. The molecule has 0 bridgehead atoms. The fourth-order valence-electron chi connectivity index (χ4n) is 3.83. The molecule has 11 heteroatoms. The van der Waals surface area contributed by atoms with E-state index in [1.807, 2.05) is 6.07 Å². The maximum absolute atomic E-state index is 12.6. The molecule has 10 nitrogen and oxygen atoms in total. The van der Waals surface area contributed by atoms with Crippen molar-refractivity contribution in [3.63, 3.8) is 0 Å². The van der Waals surface area contributed by atoms with Crippen LogP contribution in [0, 0.1) is 17.2 Å². The lowest BCUT2D eigenvalue weighted by Crippen LogP contribution is -2.46. The molecule has 3 amide bonds. The van der Waals surface area contributed by atoms with Crippen LogP contribution in [0.3, 0.4) is 0 Å². The Morgan fingerprint density at radius 2 is 1.75 bits per heavy atom. The van der Waals surface area contributed by atoms with Gasteiger partial charge >= 0.3 is 5.97 Å². The van der Waals surface area contributed by atoms with Gasteiger partial charge in [-0.25, -0.2) is 0 Å². The van der Waals surface area contributed by atoms with Crippen LogP contribution in [0.1, 0.15) is 38.7 Å². The van der Waals surface area contributed by atoms with Crippen molar-refractivity contribution in [1.82, 2.24) is 0 Å². The summed E-state index contributed by atoms with van der Waals surface area (Å²) >= 11 is 5.98. The van der Waals surface area contributed by atoms with Gasteiger partial charge in [-0.1, -0.05) is 18.5 Å². The molecule has 1 heterocycles. The zero-order valence-corrected chi connectivity index (χ0v) is 20.5. The summed E-state index contributed by atoms with van der Waals surface area (Å²) in [6, 6.07) is 11.3. The highest BCUT2D eigenvalue weighted by molar-refractivity contribution is 6.32. The number of ether oxygens (including phenoxy) is 1. The number of carboxylic acid groups (broad SMARTS) is 1. The molecule has 2 aromatic carbocycles. The number of benzene rings is 2. The number of likely N-dealkylation sites (N-methyl/N-ethyl adjacent to an activating group) is 1. The molecule has 0 radical (unpaired) electrons. The number of rotatable bonds is 9. The second-order valence-corrected chi connectivity index (χ2v) is 8.79. The summed E-state index contributed by atoms with van der Waals surface area (Å²) in [5, 5.41) is 23.7. The van der Waals surface area contributed by atoms with E-state index in [0.717, 1.165) is 0 Å². The zero-order chi connectivity index (χ0) is 26.4. The van der Waals surface area contributed by atoms with Crippen molar-refractivity contribution in [3.8, 4) is 11.8 Å². The maximum atomic E-state index is 12.6. The monoisotopic (exact) mass is 512 g/mol. The lowest BCUT2D eigenvalue weighted by molar-refractivity contribution is -0.142. The average Bonchev–Trinajstić information content (AvgIpc) is 2.79. The van der Waals surface area contributed by atoms with E-state index in [0.29, 0.717) is 34.9 Å². The summed E-state index contributed by atoms with van der Waals surface area (Å²) in [6.45, 7) is 3.88. The molecule has 0 aromatic heterocycles. The molecule has 2 aromatic rings. The van der Waals surface area contributed by atoms with E-state index in [9.17, 15) is 19.2 Å². The number of hydrogen-bond acceptors (Lipinski definition) is 6. The predicted molar refractivity (Wildman–Crippen MR) is 133 cm³/mol. The van der Waals surface area contributed by atoms with Crippen LogP contribution in [0.25, 0.3) is 0 Å². The molecule has 3 rings (SSSR count). The number of halogens is 1. The van der Waals surface area contributed by atoms with Gasteiger partial charge in [0.1, 0.15) is 11.8 Å². The Labute approximate surface area is 212 Å². The molecule has 0 saturated heterocycles. The molecule has 0 saturated carbocycles. The van der Waals surface area contributed by atoms with E-state index >= 15 is 0 Å². The predicted octanol–water partition coefficient (Wildman–Crippen LogP) is 3.79. The summed E-state index contributed by atoms with van der Waals surface area (Å²) < 4.78 is 5.62. The number of hydrogen-bond donors (Lipinski definition) is 3. The van der Waals surface area contributed by atoms with Gasteiger partial charge in [0.05, 0.1) is 22.7 Å². The summed E-state index contributed by atoms with van der Waals surface area (Å²) in [6.07, 6.45) is -1.46. The fourth-order valence-corrected chi connectivity index (χ4v) is 4.05. The highest BCUT2D eigenvalue weighted by atomic mass is 35.5. The van der Waals surface area contributed by atoms with Gasteiger partial charge in [0, 0.05) is 36.8 Å². The molecule has 188 valence electrons. The normalized spacial score (nSPS) is 15.2. The second-order valence-electron chi connectivity index (χ2n) is 8.39. The minimum Gasteiger partial charge on any atom is -0.481 e. The van der Waals surface area contributed by atoms with Crippen LogP contribution in [0.15, 0.2) is 36.4 Å². The van der Waals surface area contributed by atoms with Crippen molar-refractivity contribution >= 4 is 52.4 Å². The largest absolute Gasteiger partial charge is 0.481 e. The Balaban J connectivity index is 1.58. The van der Waals surface area contributed by atoms with Crippen molar-refractivity contribution in [2.75, 3.05) is 22.1 Å². The van der Waals surface area contributed by atoms with Crippen molar-refractivity contribution in [1.29, 1.82) is 5.26 Å². The SMILES string of the molecule is CCN1C(=O)C(CC(=O)O)Oc2cc(NC(=O)CC(C)CC(=O)Nc3ccc(C#N)c(Cl)c3)ccc21. The second kappa shape index (κ2) is 11.6. The van der Waals surface area contributed by atoms with Gasteiger partial charge in [-0.2, -0.15) is 5.26 Å². The average molecular weight is 513 g/mol. The van der Waals surface area contributed by atoms with Gasteiger partial charge < -0.3 is 25.4 Å². The van der Waals surface area contributed by atoms with Gasteiger partial charge in [-0.3, -0.25) is 19.2 Å². The van der Waals surface area contributed by atoms with Crippen molar-refractivity contribution < 1.29 is 29.0 Å². The van der Waals surface area contributed by atoms with Crippen LogP contribution < -0.4 is 20.3 Å². The van der Waals surface area contributed by atoms with Crippen LogP contribution in [0.4, 0.5) is 17.1 Å². The molecule has 2 unspecified atom stereocenters. The third-order valence-corrected chi connectivity index (χ3v) is 5.78. The number of nitrogens with zero attached hydrogens (tertiary/aromatic N) is 2. The zero-order valence-electron chi connectivity index (χ0n) is 19.7. The number of carboxylic acids is 1. The molecule has 1 aliphatic rings. The lowest BCUT2D eigenvalue weighted by Gasteiger charge is -2.33. The van der Waals surface area contributed by atoms with Gasteiger partial charge in [0.15, 0.2) is 6.10 Å². The topological polar surface area (TPSA) is 149 Å². The van der Waals surface area contributed by atoms with Gasteiger partial charge in [-0.05, 0) is 43.2 Å². The van der Waals surface area contributed by atoms with E-state index < -0.39 is 24.4 Å². The Morgan fingerprint density at radius 3 is 2.31 bits per heavy atom. The van der Waals surface area contributed by atoms with Gasteiger partial charge in [0.2, 0.25) is 11.8 Å². The molecule has 0 aliphatic carbocycles. The van der Waals surface area contributed by atoms with E-state index in [-0.39, 0.29) is 35.6 Å². The minimum absolute atomic E-state index is 0.0701. The number of carbonyl (C=O) groups excluding carboxylic acids is 3. The first-order chi connectivity index (χ1) is 17.1. The summed E-state index contributed by atoms with van der Waals surface area (Å²) in [7, 11) is 0. The highest BCUT2D eigenvalue weighted by Gasteiger charge is 2.35. The number of amides is 3. The van der Waals surface area contributed by atoms with E-state index in [1.165, 1.54) is 17.0 Å². The standard InChI is InChI=1S/C25H25ClN4O6/c1-3-30-19-7-6-17(11-20(19)36-21(25(30)35)12-24(33)34)29-23(32)9-14(2)8-22(31)28-16-5-4-15(13-27)18(26)10-16/h4-7,10-11,14,21H,3,8-9,12H2,1-2H3,(H,28,31)(H,29,32)(H,33,34). The van der Waals surface area contributed by atoms with Crippen LogP contribution >= 0.6 is 11.6 Å². The van der Waals surface area contributed by atoms with E-state index in [2.05, 4.69) is 10.6 Å². The van der Waals surface area contributed by atoms with Gasteiger partial charge in [0.25, 0.3) is 5.91 Å². The number of aliphatic carboxylic acids is 1. The third-order valence-electron chi connectivity index (χ3n) is 5.46. The summed E-state index contributed by atoms with van der Waals surface area (Å²) in [4.78, 5) is 49.9. The first-order valence-corrected chi connectivity index (χ1v) is 11.6. The maximum Gasteiger partial charge on any atom is 0.307 e. The van der Waals surface area contributed by atoms with Crippen LogP contribution in [0.5, 0.6) is 5.75 Å². The molecule has 0 spiro atoms. The molecule has 0 fully saturated rings. The van der Waals surface area contributed by atoms with E-state index in [1.54, 1.807) is 38.1 Å². The molecule has 36 heavy (non-hydrogen) atoms. The Morgan fingerprint density at radius 1 is 1.14 bits per heavy atom. The number of fused-ring (bicyclic) bond motifs is 1. The number of anilines is 3. The van der Waals surface area contributed by atoms with E-state index in [4.69, 9.17) is 26.7 Å². The summed E-state index contributed by atoms with van der Waals surface area (Å²) in [5.74, 6) is -2.18. The summed E-state index contributed by atoms with van der Waals surface area (Å²) in [5.41, 5.74) is 1.67. The highest BCUT2D eigenvalue weighted by Crippen LogP contribution is 2.37. The van der Waals surface area contributed by atoms with Crippen LogP contribution in [-0.4, -0.2) is 41.4 Å². The smallest absolute Gasteiger partial charge is 0.307 e. The molecule has 1 aliphatic heterocycles. The quantitative estimate of drug-likeness (QED) is 0.462. The first kappa shape index (κ1) is 26.5. The molecular formula is C25H25ClN4O6. The van der Waals surface area contributed by atoms with Crippen LogP contribution in [0.2, 0.25) is 5.02 Å².